The van der Waals surface area contributed by atoms with E-state index in [-0.39, 0.29) is 10.8 Å². The maximum absolute atomic E-state index is 12.6. The molecule has 0 aliphatic carbocycles. The first kappa shape index (κ1) is 20.8. The molecule has 0 spiro atoms. The second kappa shape index (κ2) is 9.49. The molecule has 0 unspecified atom stereocenters. The van der Waals surface area contributed by atoms with Crippen LogP contribution in [0.4, 0.5) is 5.69 Å². The molecule has 1 saturated heterocycles. The van der Waals surface area contributed by atoms with Crippen LogP contribution in [-0.4, -0.2) is 47.4 Å². The number of aryl methyl sites for hydroxylation is 1. The number of anilines is 1. The van der Waals surface area contributed by atoms with Gasteiger partial charge in [0.1, 0.15) is 6.33 Å². The Labute approximate surface area is 170 Å². The second-order valence-electron chi connectivity index (χ2n) is 6.63. The lowest BCUT2D eigenvalue weighted by Crippen LogP contribution is -2.35. The fraction of sp³-hybridized carbons (Fsp3) is 0.421. The van der Waals surface area contributed by atoms with Gasteiger partial charge in [0.2, 0.25) is 15.9 Å². The lowest BCUT2D eigenvalue weighted by Gasteiger charge is -2.25. The summed E-state index contributed by atoms with van der Waals surface area (Å²) >= 11 is 1.50. The average Bonchev–Trinajstić information content (AvgIpc) is 2.69. The summed E-state index contributed by atoms with van der Waals surface area (Å²) in [5.74, 6) is 0.480. The first-order valence-electron chi connectivity index (χ1n) is 9.27. The van der Waals surface area contributed by atoms with Crippen LogP contribution >= 0.6 is 11.8 Å². The Morgan fingerprint density at radius 2 is 1.86 bits per heavy atom. The Balaban J connectivity index is 1.51. The molecule has 1 aromatic heterocycles. The number of carbonyl (C=O) groups excluding carboxylic acids is 1. The largest absolute Gasteiger partial charge is 0.326 e. The fourth-order valence-corrected chi connectivity index (χ4v) is 5.33. The van der Waals surface area contributed by atoms with Gasteiger partial charge >= 0.3 is 0 Å². The summed E-state index contributed by atoms with van der Waals surface area (Å²) in [4.78, 5) is 20.6. The number of aromatic nitrogens is 2. The molecule has 1 aliphatic rings. The molecular weight excluding hydrogens is 396 g/mol. The van der Waals surface area contributed by atoms with E-state index in [1.54, 1.807) is 24.3 Å². The van der Waals surface area contributed by atoms with Crippen LogP contribution in [0.15, 0.2) is 46.6 Å². The number of sulfonamides is 1. The number of carbonyl (C=O) groups is 1. The SMILES string of the molecule is Cc1cc(SCCC(=O)Nc2ccc(S(=O)(=O)N3CCCCC3)cc2)ncn1. The minimum atomic E-state index is -3.45. The number of benzene rings is 1. The van der Waals surface area contributed by atoms with E-state index in [2.05, 4.69) is 15.3 Å². The van der Waals surface area contributed by atoms with Crippen LogP contribution in [0.5, 0.6) is 0 Å². The van der Waals surface area contributed by atoms with Gasteiger partial charge in [-0.3, -0.25) is 4.79 Å². The minimum absolute atomic E-state index is 0.120. The van der Waals surface area contributed by atoms with Gasteiger partial charge in [0, 0.05) is 36.6 Å². The maximum atomic E-state index is 12.6. The highest BCUT2D eigenvalue weighted by Gasteiger charge is 2.25. The molecule has 9 heteroatoms. The summed E-state index contributed by atoms with van der Waals surface area (Å²) in [5, 5.41) is 3.64. The highest BCUT2D eigenvalue weighted by atomic mass is 32.2. The van der Waals surface area contributed by atoms with Crippen molar-refractivity contribution in [2.24, 2.45) is 0 Å². The number of piperidine rings is 1. The fourth-order valence-electron chi connectivity index (χ4n) is 2.95. The van der Waals surface area contributed by atoms with Crippen molar-refractivity contribution in [1.82, 2.24) is 14.3 Å². The third-order valence-electron chi connectivity index (χ3n) is 4.45. The van der Waals surface area contributed by atoms with E-state index < -0.39 is 10.0 Å². The predicted molar refractivity (Wildman–Crippen MR) is 110 cm³/mol. The minimum Gasteiger partial charge on any atom is -0.326 e. The third-order valence-corrected chi connectivity index (χ3v) is 7.29. The van der Waals surface area contributed by atoms with Crippen molar-refractivity contribution in [2.45, 2.75) is 42.5 Å². The van der Waals surface area contributed by atoms with Crippen LogP contribution in [0.3, 0.4) is 0 Å². The molecule has 3 rings (SSSR count). The number of hydrogen-bond acceptors (Lipinski definition) is 6. The van der Waals surface area contributed by atoms with E-state index >= 15 is 0 Å². The van der Waals surface area contributed by atoms with Crippen molar-refractivity contribution >= 4 is 33.4 Å². The summed E-state index contributed by atoms with van der Waals surface area (Å²) in [6, 6.07) is 8.26. The summed E-state index contributed by atoms with van der Waals surface area (Å²) in [7, 11) is -3.45. The Morgan fingerprint density at radius 3 is 2.54 bits per heavy atom. The molecule has 2 aromatic rings. The smallest absolute Gasteiger partial charge is 0.243 e. The summed E-state index contributed by atoms with van der Waals surface area (Å²) < 4.78 is 26.8. The first-order valence-corrected chi connectivity index (χ1v) is 11.7. The number of nitrogens with one attached hydrogen (secondary N) is 1. The Hall–Kier alpha value is -1.97. The zero-order valence-corrected chi connectivity index (χ0v) is 17.4. The number of rotatable bonds is 7. The van der Waals surface area contributed by atoms with E-state index in [0.717, 1.165) is 30.0 Å². The van der Waals surface area contributed by atoms with E-state index in [1.165, 1.54) is 22.4 Å². The van der Waals surface area contributed by atoms with Gasteiger partial charge in [0.05, 0.1) is 9.92 Å². The normalized spacial score (nSPS) is 15.3. The standard InChI is InChI=1S/C19H24N4O3S2/c1-15-13-19(21-14-20-15)27-12-9-18(24)22-16-5-7-17(8-6-16)28(25,26)23-10-3-2-4-11-23/h5-8,13-14H,2-4,9-12H2,1H3,(H,22,24). The molecule has 1 fully saturated rings. The lowest BCUT2D eigenvalue weighted by molar-refractivity contribution is -0.115. The van der Waals surface area contributed by atoms with Crippen molar-refractivity contribution < 1.29 is 13.2 Å². The van der Waals surface area contributed by atoms with E-state index in [4.69, 9.17) is 0 Å². The monoisotopic (exact) mass is 420 g/mol. The zero-order chi connectivity index (χ0) is 20.0. The number of nitrogens with zero attached hydrogens (tertiary/aromatic N) is 3. The molecule has 7 nitrogen and oxygen atoms in total. The van der Waals surface area contributed by atoms with Crippen molar-refractivity contribution in [3.05, 3.63) is 42.4 Å². The molecule has 0 radical (unpaired) electrons. The van der Waals surface area contributed by atoms with Crippen LogP contribution < -0.4 is 5.32 Å². The molecular formula is C19H24N4O3S2. The van der Waals surface area contributed by atoms with Gasteiger partial charge in [0.25, 0.3) is 0 Å². The Kier molecular flexibility index (Phi) is 7.03. The van der Waals surface area contributed by atoms with Gasteiger partial charge in [-0.05, 0) is 50.1 Å². The van der Waals surface area contributed by atoms with E-state index in [9.17, 15) is 13.2 Å². The number of thioether (sulfide) groups is 1. The van der Waals surface area contributed by atoms with Crippen LogP contribution in [0.25, 0.3) is 0 Å². The highest BCUT2D eigenvalue weighted by molar-refractivity contribution is 7.99. The van der Waals surface area contributed by atoms with Crippen LogP contribution in [0.1, 0.15) is 31.4 Å². The highest BCUT2D eigenvalue weighted by Crippen LogP contribution is 2.22. The van der Waals surface area contributed by atoms with E-state index in [0.29, 0.717) is 31.0 Å². The van der Waals surface area contributed by atoms with Gasteiger partial charge in [0.15, 0.2) is 0 Å². The quantitative estimate of drug-likeness (QED) is 0.547. The molecule has 28 heavy (non-hydrogen) atoms. The molecule has 1 amide bonds. The molecule has 0 bridgehead atoms. The number of amides is 1. The van der Waals surface area contributed by atoms with Crippen molar-refractivity contribution in [2.75, 3.05) is 24.2 Å². The van der Waals surface area contributed by atoms with Gasteiger partial charge in [-0.25, -0.2) is 18.4 Å². The molecule has 1 aromatic carbocycles. The summed E-state index contributed by atoms with van der Waals surface area (Å²) in [5.41, 5.74) is 1.48. The van der Waals surface area contributed by atoms with Crippen molar-refractivity contribution in [3.8, 4) is 0 Å². The summed E-state index contributed by atoms with van der Waals surface area (Å²) in [6.45, 7) is 3.04. The average molecular weight is 421 g/mol. The second-order valence-corrected chi connectivity index (χ2v) is 9.69. The molecule has 150 valence electrons. The lowest BCUT2D eigenvalue weighted by atomic mass is 10.2. The third kappa shape index (κ3) is 5.52. The Morgan fingerprint density at radius 1 is 1.14 bits per heavy atom. The van der Waals surface area contributed by atoms with Crippen molar-refractivity contribution in [3.63, 3.8) is 0 Å². The summed E-state index contributed by atoms with van der Waals surface area (Å²) in [6.07, 6.45) is 4.73. The predicted octanol–water partition coefficient (Wildman–Crippen LogP) is 3.08. The van der Waals surface area contributed by atoms with Gasteiger partial charge < -0.3 is 5.32 Å². The van der Waals surface area contributed by atoms with E-state index in [1.807, 2.05) is 13.0 Å². The topological polar surface area (TPSA) is 92.3 Å². The van der Waals surface area contributed by atoms with Gasteiger partial charge in [-0.15, -0.1) is 11.8 Å². The zero-order valence-electron chi connectivity index (χ0n) is 15.8. The van der Waals surface area contributed by atoms with Gasteiger partial charge in [-0.2, -0.15) is 4.31 Å². The number of hydrogen-bond donors (Lipinski definition) is 1. The van der Waals surface area contributed by atoms with Crippen LogP contribution in [0.2, 0.25) is 0 Å². The van der Waals surface area contributed by atoms with Gasteiger partial charge in [-0.1, -0.05) is 6.42 Å². The molecule has 0 saturated carbocycles. The van der Waals surface area contributed by atoms with Crippen molar-refractivity contribution in [1.29, 1.82) is 0 Å². The van der Waals surface area contributed by atoms with Crippen LogP contribution in [0, 0.1) is 6.92 Å². The first-order chi connectivity index (χ1) is 13.4. The molecule has 2 heterocycles. The molecule has 1 aliphatic heterocycles. The molecule has 1 N–H and O–H groups in total. The maximum Gasteiger partial charge on any atom is 0.243 e. The molecule has 0 atom stereocenters. The van der Waals surface area contributed by atoms with Crippen LogP contribution in [-0.2, 0) is 14.8 Å². The Bertz CT molecular complexity index is 911.